The van der Waals surface area contributed by atoms with Gasteiger partial charge in [0.05, 0.1) is 6.10 Å². The smallest absolute Gasteiger partial charge is 0.0543 e. The van der Waals surface area contributed by atoms with Crippen LogP contribution < -0.4 is 5.32 Å². The van der Waals surface area contributed by atoms with Gasteiger partial charge < -0.3 is 15.3 Å². The lowest BCUT2D eigenvalue weighted by Crippen LogP contribution is -2.61. The number of hydrogen-bond donors (Lipinski definition) is 2. The predicted molar refractivity (Wildman–Crippen MR) is 163 cm³/mol. The van der Waals surface area contributed by atoms with Crippen LogP contribution in [0.4, 0.5) is 0 Å². The van der Waals surface area contributed by atoms with E-state index >= 15 is 0 Å². The average Bonchev–Trinajstić information content (AvgIpc) is 3.25. The molecule has 0 unspecified atom stereocenters. The third kappa shape index (κ3) is 5.92. The number of likely N-dealkylation sites (N-methyl/N-ethyl adjacent to an activating group) is 1. The first kappa shape index (κ1) is 30.8. The third-order valence-corrected chi connectivity index (χ3v) is 13.6. The van der Waals surface area contributed by atoms with Gasteiger partial charge in [-0.15, -0.1) is 0 Å². The highest BCUT2D eigenvalue weighted by Gasteiger charge is 2.62. The first-order chi connectivity index (χ1) is 18.1. The fourth-order valence-electron chi connectivity index (χ4n) is 11.2. The van der Waals surface area contributed by atoms with Crippen LogP contribution in [0.25, 0.3) is 0 Å². The monoisotopic (exact) mass is 531 g/mol. The molecule has 2 N–H and O–H groups in total. The van der Waals surface area contributed by atoms with Gasteiger partial charge in [0.15, 0.2) is 0 Å². The number of nitrogens with one attached hydrogen (secondary N) is 1. The van der Waals surface area contributed by atoms with Gasteiger partial charge in [0, 0.05) is 19.1 Å². The van der Waals surface area contributed by atoms with E-state index in [9.17, 15) is 5.11 Å². The zero-order chi connectivity index (χ0) is 27.7. The van der Waals surface area contributed by atoms with Crippen LogP contribution in [0.3, 0.4) is 0 Å². The summed E-state index contributed by atoms with van der Waals surface area (Å²) >= 11 is 0. The van der Waals surface area contributed by atoms with Crippen molar-refractivity contribution in [3.8, 4) is 0 Å². The maximum Gasteiger partial charge on any atom is 0.0543 e. The standard InChI is InChI=1S/C35H66N2O/c1-9-26(24(4)5)13-12-25(6)29-14-15-30-28-23-33(36-20-21-37(10-2)11-3)32-22-27(38)16-18-35(32,8)31(28)17-19-34(29,30)7/h24-33,36,38H,9-23H2,1-8H3/t25-,26-,27+,28+,29-,30+,31+,32-,33-,34-,35-/m1/s1. The normalized spacial score (nSPS) is 42.6. The third-order valence-electron chi connectivity index (χ3n) is 13.6. The van der Waals surface area contributed by atoms with Gasteiger partial charge in [-0.1, -0.05) is 68.2 Å². The van der Waals surface area contributed by atoms with Crippen LogP contribution >= 0.6 is 0 Å². The lowest BCUT2D eigenvalue weighted by atomic mass is 9.43. The lowest BCUT2D eigenvalue weighted by Gasteiger charge is -2.63. The Kier molecular flexibility index (Phi) is 10.4. The summed E-state index contributed by atoms with van der Waals surface area (Å²) < 4.78 is 0. The SMILES string of the molecule is CC[C@H](CC[C@@H](C)[C@H]1CC[C@H]2[C@@H]3C[C@@H](NCCN(CC)CC)[C@H]4C[C@@H](O)CC[C@]4(C)[C@H]3CC[C@]12C)C(C)C. The molecule has 0 aromatic rings. The fourth-order valence-corrected chi connectivity index (χ4v) is 11.2. The van der Waals surface area contributed by atoms with Crippen molar-refractivity contribution in [3.05, 3.63) is 0 Å². The van der Waals surface area contributed by atoms with E-state index in [1.165, 1.54) is 57.8 Å². The largest absolute Gasteiger partial charge is 0.393 e. The van der Waals surface area contributed by atoms with E-state index < -0.39 is 0 Å². The quantitative estimate of drug-likeness (QED) is 0.268. The van der Waals surface area contributed by atoms with Crippen molar-refractivity contribution in [1.82, 2.24) is 10.2 Å². The molecule has 222 valence electrons. The van der Waals surface area contributed by atoms with Gasteiger partial charge in [0.25, 0.3) is 0 Å². The summed E-state index contributed by atoms with van der Waals surface area (Å²) in [5, 5.41) is 14.9. The highest BCUT2D eigenvalue weighted by Crippen LogP contribution is 2.68. The highest BCUT2D eigenvalue weighted by molar-refractivity contribution is 5.12. The van der Waals surface area contributed by atoms with Crippen LogP contribution in [-0.2, 0) is 0 Å². The van der Waals surface area contributed by atoms with Crippen LogP contribution in [0.1, 0.15) is 126 Å². The van der Waals surface area contributed by atoms with Crippen LogP contribution in [0.15, 0.2) is 0 Å². The summed E-state index contributed by atoms with van der Waals surface area (Å²) in [7, 11) is 0. The molecule has 4 rings (SSSR count). The van der Waals surface area contributed by atoms with Gasteiger partial charge in [-0.3, -0.25) is 0 Å². The van der Waals surface area contributed by atoms with Crippen LogP contribution in [-0.4, -0.2) is 48.3 Å². The number of fused-ring (bicyclic) bond motifs is 5. The summed E-state index contributed by atoms with van der Waals surface area (Å²) in [6, 6.07) is 0.585. The summed E-state index contributed by atoms with van der Waals surface area (Å²) in [6.07, 6.45) is 14.6. The number of rotatable bonds is 12. The average molecular weight is 531 g/mol. The van der Waals surface area contributed by atoms with Crippen molar-refractivity contribution in [2.45, 2.75) is 138 Å². The number of aliphatic hydroxyl groups excluding tert-OH is 1. The van der Waals surface area contributed by atoms with Crippen LogP contribution in [0, 0.1) is 58.2 Å². The van der Waals surface area contributed by atoms with Crippen molar-refractivity contribution < 1.29 is 5.11 Å². The van der Waals surface area contributed by atoms with E-state index in [1.54, 1.807) is 0 Å². The molecule has 4 aliphatic rings. The molecule has 4 fully saturated rings. The topological polar surface area (TPSA) is 35.5 Å². The second kappa shape index (κ2) is 12.8. The summed E-state index contributed by atoms with van der Waals surface area (Å²) in [5.74, 6) is 6.83. The van der Waals surface area contributed by atoms with E-state index in [-0.39, 0.29) is 6.10 Å². The second-order valence-corrected chi connectivity index (χ2v) is 15.4. The van der Waals surface area contributed by atoms with E-state index in [1.807, 2.05) is 0 Å². The Hall–Kier alpha value is -0.120. The molecule has 0 aromatic carbocycles. The molecule has 0 aliphatic heterocycles. The Bertz CT molecular complexity index is 735. The molecule has 3 nitrogen and oxygen atoms in total. The Balaban J connectivity index is 1.49. The van der Waals surface area contributed by atoms with Gasteiger partial charge in [0.1, 0.15) is 0 Å². The zero-order valence-electron chi connectivity index (χ0n) is 26.8. The Morgan fingerprint density at radius 2 is 1.53 bits per heavy atom. The first-order valence-corrected chi connectivity index (χ1v) is 17.2. The maximum absolute atomic E-state index is 10.8. The van der Waals surface area contributed by atoms with E-state index in [0.29, 0.717) is 22.8 Å². The van der Waals surface area contributed by atoms with Crippen molar-refractivity contribution in [2.24, 2.45) is 58.2 Å². The molecule has 11 atom stereocenters. The minimum Gasteiger partial charge on any atom is -0.393 e. The van der Waals surface area contributed by atoms with Crippen LogP contribution in [0.2, 0.25) is 0 Å². The molecule has 3 heteroatoms. The minimum atomic E-state index is -0.0833. The molecule has 4 saturated carbocycles. The molecule has 0 heterocycles. The molecule has 0 aromatic heterocycles. The molecular weight excluding hydrogens is 464 g/mol. The summed E-state index contributed by atoms with van der Waals surface area (Å²) in [5.41, 5.74) is 0.953. The molecule has 38 heavy (non-hydrogen) atoms. The zero-order valence-corrected chi connectivity index (χ0v) is 26.8. The fraction of sp³-hybridized carbons (Fsp3) is 1.00. The van der Waals surface area contributed by atoms with Gasteiger partial charge in [-0.25, -0.2) is 0 Å². The molecule has 0 saturated heterocycles. The van der Waals surface area contributed by atoms with Gasteiger partial charge in [0.2, 0.25) is 0 Å². The minimum absolute atomic E-state index is 0.0833. The Morgan fingerprint density at radius 1 is 0.842 bits per heavy atom. The van der Waals surface area contributed by atoms with Crippen molar-refractivity contribution in [2.75, 3.05) is 26.2 Å². The van der Waals surface area contributed by atoms with E-state index in [4.69, 9.17) is 0 Å². The Morgan fingerprint density at radius 3 is 2.18 bits per heavy atom. The number of nitrogens with zero attached hydrogens (tertiary/aromatic N) is 1. The van der Waals surface area contributed by atoms with E-state index in [0.717, 1.165) is 80.4 Å². The lowest BCUT2D eigenvalue weighted by molar-refractivity contribution is -0.141. The molecule has 0 spiro atoms. The summed E-state index contributed by atoms with van der Waals surface area (Å²) in [4.78, 5) is 2.55. The van der Waals surface area contributed by atoms with Gasteiger partial charge in [-0.05, 0) is 129 Å². The molecule has 0 amide bonds. The first-order valence-electron chi connectivity index (χ1n) is 17.2. The van der Waals surface area contributed by atoms with Gasteiger partial charge >= 0.3 is 0 Å². The predicted octanol–water partition coefficient (Wildman–Crippen LogP) is 8.01. The van der Waals surface area contributed by atoms with Crippen LogP contribution in [0.5, 0.6) is 0 Å². The maximum atomic E-state index is 10.8. The number of hydrogen-bond acceptors (Lipinski definition) is 3. The highest BCUT2D eigenvalue weighted by atomic mass is 16.3. The number of aliphatic hydroxyl groups is 1. The van der Waals surface area contributed by atoms with Gasteiger partial charge in [-0.2, -0.15) is 0 Å². The molecule has 4 aliphatic carbocycles. The molecule has 0 radical (unpaired) electrons. The van der Waals surface area contributed by atoms with E-state index in [2.05, 4.69) is 65.6 Å². The van der Waals surface area contributed by atoms with Crippen molar-refractivity contribution >= 4 is 0 Å². The second-order valence-electron chi connectivity index (χ2n) is 15.4. The Labute approximate surface area is 237 Å². The molecular formula is C35H66N2O. The summed E-state index contributed by atoms with van der Waals surface area (Å²) in [6.45, 7) is 24.4. The van der Waals surface area contributed by atoms with Crippen molar-refractivity contribution in [1.29, 1.82) is 0 Å². The van der Waals surface area contributed by atoms with Crippen molar-refractivity contribution in [3.63, 3.8) is 0 Å². The molecule has 0 bridgehead atoms.